The normalized spacial score (nSPS) is 21.2. The minimum absolute atomic E-state index is 0.0989. The summed E-state index contributed by atoms with van der Waals surface area (Å²) in [6.45, 7) is 0. The third kappa shape index (κ3) is 2.62. The van der Waals surface area contributed by atoms with Crippen molar-refractivity contribution in [1.82, 2.24) is 0 Å². The minimum atomic E-state index is -0.273. The third-order valence-corrected chi connectivity index (χ3v) is 4.60. The molecule has 1 heterocycles. The highest BCUT2D eigenvalue weighted by molar-refractivity contribution is 9.10. The van der Waals surface area contributed by atoms with E-state index in [9.17, 15) is 4.39 Å². The highest BCUT2D eigenvalue weighted by Gasteiger charge is 2.28. The standard InChI is InChI=1S/C15H12Br2FNO/c16-8-1-4-14-11(5-8)13(19)7-15(20-14)10-3-2-9(18)6-12(10)17/h1-6,13,15H,7,19H2. The predicted molar refractivity (Wildman–Crippen MR) is 83.2 cm³/mol. The van der Waals surface area contributed by atoms with E-state index in [2.05, 4.69) is 31.9 Å². The Morgan fingerprint density at radius 1 is 1.10 bits per heavy atom. The van der Waals surface area contributed by atoms with E-state index in [1.54, 1.807) is 6.07 Å². The van der Waals surface area contributed by atoms with Gasteiger partial charge in [0.05, 0.1) is 0 Å². The maximum atomic E-state index is 13.2. The summed E-state index contributed by atoms with van der Waals surface area (Å²) in [4.78, 5) is 0. The zero-order valence-corrected chi connectivity index (χ0v) is 13.6. The molecule has 3 rings (SSSR count). The van der Waals surface area contributed by atoms with Crippen molar-refractivity contribution in [1.29, 1.82) is 0 Å². The number of hydrogen-bond donors (Lipinski definition) is 1. The summed E-state index contributed by atoms with van der Waals surface area (Å²) in [5.74, 6) is 0.512. The average Bonchev–Trinajstić information content (AvgIpc) is 2.39. The van der Waals surface area contributed by atoms with Gasteiger partial charge in [0, 0.05) is 32.5 Å². The molecule has 2 N–H and O–H groups in total. The Morgan fingerprint density at radius 2 is 1.90 bits per heavy atom. The molecule has 0 saturated heterocycles. The fraction of sp³-hybridized carbons (Fsp3) is 0.200. The summed E-state index contributed by atoms with van der Waals surface area (Å²) in [5, 5.41) is 0. The first-order valence-corrected chi connectivity index (χ1v) is 7.80. The molecule has 0 bridgehead atoms. The molecule has 2 aromatic rings. The largest absolute Gasteiger partial charge is 0.485 e. The monoisotopic (exact) mass is 399 g/mol. The molecular weight excluding hydrogens is 389 g/mol. The van der Waals surface area contributed by atoms with Crippen molar-refractivity contribution >= 4 is 31.9 Å². The first-order valence-electron chi connectivity index (χ1n) is 6.21. The van der Waals surface area contributed by atoms with Gasteiger partial charge in [-0.3, -0.25) is 0 Å². The predicted octanol–water partition coefficient (Wildman–Crippen LogP) is 4.87. The quantitative estimate of drug-likeness (QED) is 0.740. The molecule has 2 atom stereocenters. The van der Waals surface area contributed by atoms with Crippen molar-refractivity contribution in [2.24, 2.45) is 5.73 Å². The van der Waals surface area contributed by atoms with Crippen molar-refractivity contribution in [2.45, 2.75) is 18.6 Å². The van der Waals surface area contributed by atoms with Gasteiger partial charge >= 0.3 is 0 Å². The van der Waals surface area contributed by atoms with Crippen LogP contribution in [0.2, 0.25) is 0 Å². The molecule has 0 amide bonds. The Labute approximate surface area is 133 Å². The molecule has 1 aliphatic rings. The first kappa shape index (κ1) is 14.0. The molecule has 5 heteroatoms. The van der Waals surface area contributed by atoms with Gasteiger partial charge in [-0.2, -0.15) is 0 Å². The second-order valence-electron chi connectivity index (χ2n) is 4.80. The van der Waals surface area contributed by atoms with Crippen molar-refractivity contribution in [3.63, 3.8) is 0 Å². The van der Waals surface area contributed by atoms with E-state index >= 15 is 0 Å². The molecule has 104 valence electrons. The van der Waals surface area contributed by atoms with Gasteiger partial charge in [0.2, 0.25) is 0 Å². The molecule has 1 aliphatic heterocycles. The van der Waals surface area contributed by atoms with E-state index in [-0.39, 0.29) is 18.0 Å². The van der Waals surface area contributed by atoms with Gasteiger partial charge in [-0.15, -0.1) is 0 Å². The smallest absolute Gasteiger partial charge is 0.127 e. The summed E-state index contributed by atoms with van der Waals surface area (Å²) < 4.78 is 20.9. The summed E-state index contributed by atoms with van der Waals surface area (Å²) in [7, 11) is 0. The highest BCUT2D eigenvalue weighted by Crippen LogP contribution is 2.42. The number of rotatable bonds is 1. The van der Waals surface area contributed by atoms with Crippen LogP contribution in [-0.4, -0.2) is 0 Å². The van der Waals surface area contributed by atoms with Crippen LogP contribution in [0.4, 0.5) is 4.39 Å². The molecule has 2 aromatic carbocycles. The van der Waals surface area contributed by atoms with Gasteiger partial charge in [0.1, 0.15) is 17.7 Å². The van der Waals surface area contributed by atoms with Crippen molar-refractivity contribution in [2.75, 3.05) is 0 Å². The van der Waals surface area contributed by atoms with Crippen LogP contribution in [0.1, 0.15) is 29.7 Å². The molecular formula is C15H12Br2FNO. The Morgan fingerprint density at radius 3 is 2.65 bits per heavy atom. The van der Waals surface area contributed by atoms with Gasteiger partial charge in [-0.1, -0.05) is 37.9 Å². The molecule has 0 saturated carbocycles. The lowest BCUT2D eigenvalue weighted by molar-refractivity contribution is 0.160. The molecule has 20 heavy (non-hydrogen) atoms. The van der Waals surface area contributed by atoms with Gasteiger partial charge in [-0.05, 0) is 30.3 Å². The lowest BCUT2D eigenvalue weighted by Gasteiger charge is -2.31. The Bertz CT molecular complexity index is 662. The highest BCUT2D eigenvalue weighted by atomic mass is 79.9. The van der Waals surface area contributed by atoms with Gasteiger partial charge in [0.25, 0.3) is 0 Å². The van der Waals surface area contributed by atoms with E-state index in [1.807, 2.05) is 18.2 Å². The van der Waals surface area contributed by atoms with Crippen LogP contribution in [0.15, 0.2) is 45.3 Å². The average molecular weight is 401 g/mol. The summed E-state index contributed by atoms with van der Waals surface area (Å²) in [6.07, 6.45) is 0.488. The van der Waals surface area contributed by atoms with E-state index < -0.39 is 0 Å². The molecule has 2 unspecified atom stereocenters. The number of halogens is 3. The fourth-order valence-corrected chi connectivity index (χ4v) is 3.41. The SMILES string of the molecule is NC1CC(c2ccc(F)cc2Br)Oc2ccc(Br)cc21. The van der Waals surface area contributed by atoms with Gasteiger partial charge in [0.15, 0.2) is 0 Å². The van der Waals surface area contributed by atoms with Crippen LogP contribution in [0.5, 0.6) is 5.75 Å². The van der Waals surface area contributed by atoms with E-state index in [1.165, 1.54) is 12.1 Å². The number of hydrogen-bond acceptors (Lipinski definition) is 2. The number of benzene rings is 2. The summed E-state index contributed by atoms with van der Waals surface area (Å²) in [5.41, 5.74) is 8.14. The lowest BCUT2D eigenvalue weighted by Crippen LogP contribution is -2.24. The minimum Gasteiger partial charge on any atom is -0.485 e. The van der Waals surface area contributed by atoms with E-state index in [0.29, 0.717) is 10.9 Å². The topological polar surface area (TPSA) is 35.2 Å². The zero-order valence-electron chi connectivity index (χ0n) is 10.4. The van der Waals surface area contributed by atoms with Crippen LogP contribution in [0.3, 0.4) is 0 Å². The molecule has 0 fully saturated rings. The number of ether oxygens (including phenoxy) is 1. The van der Waals surface area contributed by atoms with Crippen molar-refractivity contribution < 1.29 is 9.13 Å². The summed E-state index contributed by atoms with van der Waals surface area (Å²) >= 11 is 6.82. The van der Waals surface area contributed by atoms with Gasteiger partial charge in [-0.25, -0.2) is 4.39 Å². The van der Waals surface area contributed by atoms with Crippen LogP contribution >= 0.6 is 31.9 Å². The zero-order chi connectivity index (χ0) is 14.3. The Kier molecular flexibility index (Phi) is 3.84. The number of fused-ring (bicyclic) bond motifs is 1. The van der Waals surface area contributed by atoms with Crippen LogP contribution in [-0.2, 0) is 0 Å². The molecule has 2 nitrogen and oxygen atoms in total. The van der Waals surface area contributed by atoms with E-state index in [4.69, 9.17) is 10.5 Å². The van der Waals surface area contributed by atoms with Crippen LogP contribution < -0.4 is 10.5 Å². The molecule has 0 radical (unpaired) electrons. The maximum absolute atomic E-state index is 13.2. The van der Waals surface area contributed by atoms with Crippen molar-refractivity contribution in [3.05, 3.63) is 62.3 Å². The Hall–Kier alpha value is -0.910. The Balaban J connectivity index is 1.97. The summed E-state index contributed by atoms with van der Waals surface area (Å²) in [6, 6.07) is 10.3. The second-order valence-corrected chi connectivity index (χ2v) is 6.57. The fourth-order valence-electron chi connectivity index (χ4n) is 2.43. The molecule has 0 aromatic heterocycles. The third-order valence-electron chi connectivity index (χ3n) is 3.42. The van der Waals surface area contributed by atoms with Crippen LogP contribution in [0, 0.1) is 5.82 Å². The maximum Gasteiger partial charge on any atom is 0.127 e. The van der Waals surface area contributed by atoms with E-state index in [0.717, 1.165) is 21.3 Å². The van der Waals surface area contributed by atoms with Gasteiger partial charge < -0.3 is 10.5 Å². The van der Waals surface area contributed by atoms with Crippen molar-refractivity contribution in [3.8, 4) is 5.75 Å². The lowest BCUT2D eigenvalue weighted by atomic mass is 9.93. The van der Waals surface area contributed by atoms with Crippen LogP contribution in [0.25, 0.3) is 0 Å². The molecule has 0 aliphatic carbocycles. The first-order chi connectivity index (χ1) is 9.54. The number of nitrogens with two attached hydrogens (primary N) is 1. The molecule has 0 spiro atoms. The second kappa shape index (κ2) is 5.47.